The number of aliphatic carboxylic acids is 1. The Balaban J connectivity index is 1.88. The molecule has 1 aromatic heterocycles. The summed E-state index contributed by atoms with van der Waals surface area (Å²) in [5.74, 6) is -3.39. The van der Waals surface area contributed by atoms with Gasteiger partial charge in [-0.1, -0.05) is 18.2 Å². The third-order valence-electron chi connectivity index (χ3n) is 6.13. The first-order valence-electron chi connectivity index (χ1n) is 11.4. The summed E-state index contributed by atoms with van der Waals surface area (Å²) in [6, 6.07) is 2.49. The summed E-state index contributed by atoms with van der Waals surface area (Å²) < 4.78 is 0. The lowest BCUT2D eigenvalue weighted by Crippen LogP contribution is -2.60. The topological polar surface area (TPSA) is 198 Å². The van der Waals surface area contributed by atoms with Crippen molar-refractivity contribution in [1.82, 2.24) is 20.5 Å². The lowest BCUT2D eigenvalue weighted by atomic mass is 10.0. The highest BCUT2D eigenvalue weighted by Gasteiger charge is 2.39. The van der Waals surface area contributed by atoms with E-state index in [1.165, 1.54) is 11.8 Å². The zero-order valence-corrected chi connectivity index (χ0v) is 19.3. The highest BCUT2D eigenvalue weighted by molar-refractivity contribution is 5.95. The van der Waals surface area contributed by atoms with Gasteiger partial charge in [-0.05, 0) is 31.4 Å². The Morgan fingerprint density at radius 3 is 2.57 bits per heavy atom. The van der Waals surface area contributed by atoms with Crippen LogP contribution in [-0.2, 0) is 25.6 Å². The van der Waals surface area contributed by atoms with Crippen molar-refractivity contribution in [3.8, 4) is 0 Å². The number of carboxylic acid groups (broad SMARTS) is 1. The van der Waals surface area contributed by atoms with E-state index in [4.69, 9.17) is 10.8 Å². The maximum absolute atomic E-state index is 13.5. The van der Waals surface area contributed by atoms with Crippen LogP contribution in [0.5, 0.6) is 0 Å². The molecule has 190 valence electrons. The summed E-state index contributed by atoms with van der Waals surface area (Å²) in [5, 5.41) is 34.4. The van der Waals surface area contributed by atoms with Gasteiger partial charge in [0.15, 0.2) is 0 Å². The number of carboxylic acids is 1. The van der Waals surface area contributed by atoms with Crippen LogP contribution < -0.4 is 16.4 Å². The Hall–Kier alpha value is -3.48. The summed E-state index contributed by atoms with van der Waals surface area (Å²) in [6.45, 7) is 0.859. The number of amides is 3. The van der Waals surface area contributed by atoms with Crippen LogP contribution in [0.4, 0.5) is 0 Å². The number of aromatic amines is 1. The number of aromatic nitrogens is 1. The van der Waals surface area contributed by atoms with E-state index in [0.717, 1.165) is 16.5 Å². The van der Waals surface area contributed by atoms with Crippen molar-refractivity contribution in [3.05, 3.63) is 36.0 Å². The Morgan fingerprint density at radius 1 is 1.20 bits per heavy atom. The molecule has 1 saturated heterocycles. The second-order valence-electron chi connectivity index (χ2n) is 8.67. The fourth-order valence-electron chi connectivity index (χ4n) is 4.22. The SMILES string of the molecule is CC(O)C(NC(=O)C(N)CO)C(=O)NC(Cc1c[nH]c2ccccc12)C(=O)N1CCCC1C(=O)O. The van der Waals surface area contributed by atoms with Gasteiger partial charge < -0.3 is 41.6 Å². The first-order valence-corrected chi connectivity index (χ1v) is 11.4. The fraction of sp³-hybridized carbons (Fsp3) is 0.478. The molecule has 5 atom stereocenters. The molecule has 2 heterocycles. The minimum atomic E-state index is -1.45. The van der Waals surface area contributed by atoms with Crippen molar-refractivity contribution in [3.63, 3.8) is 0 Å². The molecule has 2 aromatic rings. The molecule has 1 aromatic carbocycles. The van der Waals surface area contributed by atoms with Gasteiger partial charge in [-0.3, -0.25) is 14.4 Å². The summed E-state index contributed by atoms with van der Waals surface area (Å²) in [5.41, 5.74) is 7.05. The highest BCUT2D eigenvalue weighted by atomic mass is 16.4. The van der Waals surface area contributed by atoms with E-state index in [1.54, 1.807) is 6.20 Å². The quantitative estimate of drug-likeness (QED) is 0.208. The number of aliphatic hydroxyl groups is 2. The second-order valence-corrected chi connectivity index (χ2v) is 8.67. The Kier molecular flexibility index (Phi) is 8.43. The van der Waals surface area contributed by atoms with Gasteiger partial charge in [-0.2, -0.15) is 0 Å². The van der Waals surface area contributed by atoms with E-state index in [1.807, 2.05) is 24.3 Å². The molecule has 12 nitrogen and oxygen atoms in total. The standard InChI is InChI=1S/C23H31N5O7/c1-12(30)19(27-20(31)15(24)11-29)21(32)26-17(22(33)28-8-4-7-18(28)23(34)35)9-13-10-25-16-6-3-2-5-14(13)16/h2-3,5-6,10,12,15,17-19,25,29-30H,4,7-9,11,24H2,1H3,(H,26,32)(H,27,31)(H,34,35). The van der Waals surface area contributed by atoms with E-state index < -0.39 is 60.6 Å². The van der Waals surface area contributed by atoms with Crippen LogP contribution >= 0.6 is 0 Å². The molecule has 1 aliphatic rings. The number of carbonyl (C=O) groups excluding carboxylic acids is 3. The molecule has 0 aliphatic carbocycles. The maximum atomic E-state index is 13.5. The predicted octanol–water partition coefficient (Wildman–Crippen LogP) is -1.54. The molecule has 3 rings (SSSR count). The van der Waals surface area contributed by atoms with Crippen LogP contribution in [0.15, 0.2) is 30.5 Å². The molecule has 1 fully saturated rings. The van der Waals surface area contributed by atoms with Gasteiger partial charge in [-0.25, -0.2) is 4.79 Å². The summed E-state index contributed by atoms with van der Waals surface area (Å²) >= 11 is 0. The smallest absolute Gasteiger partial charge is 0.326 e. The van der Waals surface area contributed by atoms with Crippen molar-refractivity contribution >= 4 is 34.6 Å². The van der Waals surface area contributed by atoms with Crippen LogP contribution in [-0.4, -0.2) is 92.3 Å². The lowest BCUT2D eigenvalue weighted by Gasteiger charge is -2.29. The van der Waals surface area contributed by atoms with Gasteiger partial charge in [0.2, 0.25) is 17.7 Å². The van der Waals surface area contributed by atoms with Gasteiger partial charge in [0.1, 0.15) is 24.2 Å². The number of nitrogens with one attached hydrogen (secondary N) is 3. The first-order chi connectivity index (χ1) is 16.6. The fourth-order valence-corrected chi connectivity index (χ4v) is 4.22. The Labute approximate surface area is 201 Å². The Bertz CT molecular complexity index is 1090. The molecule has 12 heteroatoms. The number of hydrogen-bond donors (Lipinski definition) is 7. The Morgan fingerprint density at radius 2 is 1.91 bits per heavy atom. The molecule has 0 saturated carbocycles. The van der Waals surface area contributed by atoms with E-state index in [0.29, 0.717) is 12.8 Å². The zero-order valence-electron chi connectivity index (χ0n) is 19.3. The van der Waals surface area contributed by atoms with Gasteiger partial charge >= 0.3 is 5.97 Å². The van der Waals surface area contributed by atoms with E-state index in [-0.39, 0.29) is 13.0 Å². The number of nitrogens with zero attached hydrogens (tertiary/aromatic N) is 1. The number of para-hydroxylation sites is 1. The first kappa shape index (κ1) is 26.1. The number of carbonyl (C=O) groups is 4. The number of H-pyrrole nitrogens is 1. The number of nitrogens with two attached hydrogens (primary N) is 1. The molecule has 1 aliphatic heterocycles. The minimum Gasteiger partial charge on any atom is -0.480 e. The average molecular weight is 490 g/mol. The molecule has 0 radical (unpaired) electrons. The molecule has 8 N–H and O–H groups in total. The van der Waals surface area contributed by atoms with Gasteiger partial charge in [0.25, 0.3) is 0 Å². The van der Waals surface area contributed by atoms with E-state index in [2.05, 4.69) is 15.6 Å². The van der Waals surface area contributed by atoms with Crippen molar-refractivity contribution in [1.29, 1.82) is 0 Å². The van der Waals surface area contributed by atoms with Crippen LogP contribution in [0.2, 0.25) is 0 Å². The summed E-state index contributed by atoms with van der Waals surface area (Å²) in [4.78, 5) is 54.7. The van der Waals surface area contributed by atoms with Crippen molar-refractivity contribution < 1.29 is 34.5 Å². The number of aliphatic hydroxyl groups excluding tert-OH is 2. The van der Waals surface area contributed by atoms with Crippen LogP contribution in [0.3, 0.4) is 0 Å². The molecule has 3 amide bonds. The van der Waals surface area contributed by atoms with Crippen LogP contribution in [0, 0.1) is 0 Å². The number of likely N-dealkylation sites (tertiary alicyclic amines) is 1. The largest absolute Gasteiger partial charge is 0.480 e. The van der Waals surface area contributed by atoms with Gasteiger partial charge in [0.05, 0.1) is 12.7 Å². The summed E-state index contributed by atoms with van der Waals surface area (Å²) in [6.07, 6.45) is 1.24. The third-order valence-corrected chi connectivity index (χ3v) is 6.13. The van der Waals surface area contributed by atoms with Crippen LogP contribution in [0.25, 0.3) is 10.9 Å². The van der Waals surface area contributed by atoms with Gasteiger partial charge in [-0.15, -0.1) is 0 Å². The average Bonchev–Trinajstić information content (AvgIpc) is 3.48. The molecular formula is C23H31N5O7. The lowest BCUT2D eigenvalue weighted by molar-refractivity contribution is -0.149. The third kappa shape index (κ3) is 5.96. The number of hydrogen-bond acceptors (Lipinski definition) is 7. The zero-order chi connectivity index (χ0) is 25.7. The van der Waals surface area contributed by atoms with E-state index in [9.17, 15) is 29.4 Å². The predicted molar refractivity (Wildman–Crippen MR) is 125 cm³/mol. The number of fused-ring (bicyclic) bond motifs is 1. The van der Waals surface area contributed by atoms with Crippen molar-refractivity contribution in [2.45, 2.75) is 56.5 Å². The second kappa shape index (κ2) is 11.3. The molecule has 0 bridgehead atoms. The minimum absolute atomic E-state index is 0.0497. The van der Waals surface area contributed by atoms with Crippen molar-refractivity contribution in [2.24, 2.45) is 5.73 Å². The molecule has 0 spiro atoms. The highest BCUT2D eigenvalue weighted by Crippen LogP contribution is 2.23. The molecular weight excluding hydrogens is 458 g/mol. The number of rotatable bonds is 10. The molecule has 5 unspecified atom stereocenters. The number of benzene rings is 1. The maximum Gasteiger partial charge on any atom is 0.326 e. The van der Waals surface area contributed by atoms with Crippen LogP contribution in [0.1, 0.15) is 25.3 Å². The van der Waals surface area contributed by atoms with E-state index >= 15 is 0 Å². The summed E-state index contributed by atoms with van der Waals surface area (Å²) in [7, 11) is 0. The molecule has 35 heavy (non-hydrogen) atoms. The van der Waals surface area contributed by atoms with Crippen molar-refractivity contribution in [2.75, 3.05) is 13.2 Å². The monoisotopic (exact) mass is 489 g/mol. The normalized spacial score (nSPS) is 19.1. The van der Waals surface area contributed by atoms with Gasteiger partial charge in [0, 0.05) is 30.1 Å².